The van der Waals surface area contributed by atoms with Gasteiger partial charge in [0, 0.05) is 31.1 Å². The second kappa shape index (κ2) is 10.6. The average Bonchev–Trinajstić information content (AvgIpc) is 3.12. The third-order valence-electron chi connectivity index (χ3n) is 6.40. The predicted octanol–water partition coefficient (Wildman–Crippen LogP) is 3.74. The van der Waals surface area contributed by atoms with Gasteiger partial charge in [-0.3, -0.25) is 0 Å². The summed E-state index contributed by atoms with van der Waals surface area (Å²) in [5.74, 6) is 0.0413. The van der Waals surface area contributed by atoms with Crippen molar-refractivity contribution in [3.05, 3.63) is 17.7 Å². The molecule has 2 N–H and O–H groups in total. The molecule has 9 heteroatoms. The Morgan fingerprint density at radius 2 is 1.67 bits per heavy atom. The van der Waals surface area contributed by atoms with Crippen LogP contribution in [0.25, 0.3) is 0 Å². The van der Waals surface area contributed by atoms with Gasteiger partial charge in [0.15, 0.2) is 0 Å². The molecule has 2 aliphatic heterocycles. The molecule has 4 rings (SSSR count). The molecule has 0 radical (unpaired) electrons. The number of imidazole rings is 1. The Balaban J connectivity index is 0.000000318. The van der Waals surface area contributed by atoms with Crippen LogP contribution in [0.3, 0.4) is 0 Å². The lowest BCUT2D eigenvalue weighted by Crippen LogP contribution is -2.39. The van der Waals surface area contributed by atoms with Crippen molar-refractivity contribution in [2.24, 2.45) is 0 Å². The van der Waals surface area contributed by atoms with Gasteiger partial charge < -0.3 is 19.9 Å². The molecule has 0 spiro atoms. The largest absolute Gasteiger partial charge is 0.490 e. The minimum absolute atomic E-state index is 0.671. The molecule has 1 saturated carbocycles. The van der Waals surface area contributed by atoms with Crippen LogP contribution < -0.4 is 5.32 Å². The van der Waals surface area contributed by atoms with Gasteiger partial charge in [0.25, 0.3) is 0 Å². The summed E-state index contributed by atoms with van der Waals surface area (Å²) in [4.78, 5) is 16.7. The minimum atomic E-state index is -5.08. The van der Waals surface area contributed by atoms with Gasteiger partial charge in [0.1, 0.15) is 5.82 Å². The van der Waals surface area contributed by atoms with E-state index in [1.54, 1.807) is 0 Å². The second-order valence-electron chi connectivity index (χ2n) is 8.57. The Labute approximate surface area is 175 Å². The van der Waals surface area contributed by atoms with E-state index in [2.05, 4.69) is 21.0 Å². The molecule has 0 atom stereocenters. The molecule has 0 aromatic carbocycles. The summed E-state index contributed by atoms with van der Waals surface area (Å²) in [6.45, 7) is 7.25. The van der Waals surface area contributed by atoms with Crippen LogP contribution in [0.15, 0.2) is 6.20 Å². The number of halogens is 3. The number of aromatic nitrogens is 2. The SMILES string of the molecule is O=C(O)C(F)(F)F.c1c(C2CCCCC2)nc(C2CCNCC2)n1CCN1CCC1. The molecular formula is C21H33F3N4O2. The number of alkyl halides is 3. The zero-order chi connectivity index (χ0) is 21.6. The van der Waals surface area contributed by atoms with Crippen LogP contribution in [0.2, 0.25) is 0 Å². The van der Waals surface area contributed by atoms with E-state index in [1.807, 2.05) is 0 Å². The van der Waals surface area contributed by atoms with E-state index in [0.29, 0.717) is 5.92 Å². The Bertz CT molecular complexity index is 676. The normalized spacial score (nSPS) is 21.6. The number of piperidine rings is 1. The molecule has 2 saturated heterocycles. The number of hydrogen-bond acceptors (Lipinski definition) is 4. The summed E-state index contributed by atoms with van der Waals surface area (Å²) in [6.07, 6.45) is 8.17. The molecule has 3 fully saturated rings. The van der Waals surface area contributed by atoms with Crippen molar-refractivity contribution in [3.8, 4) is 0 Å². The zero-order valence-electron chi connectivity index (χ0n) is 17.5. The van der Waals surface area contributed by atoms with E-state index >= 15 is 0 Å². The van der Waals surface area contributed by atoms with Gasteiger partial charge in [-0.15, -0.1) is 0 Å². The minimum Gasteiger partial charge on any atom is -0.475 e. The topological polar surface area (TPSA) is 70.4 Å². The number of rotatable bonds is 5. The summed E-state index contributed by atoms with van der Waals surface area (Å²) in [5.41, 5.74) is 1.40. The van der Waals surface area contributed by atoms with Crippen LogP contribution in [0.1, 0.15) is 74.7 Å². The fraction of sp³-hybridized carbons (Fsp3) is 0.810. The van der Waals surface area contributed by atoms with Crippen LogP contribution in [0.5, 0.6) is 0 Å². The lowest BCUT2D eigenvalue weighted by molar-refractivity contribution is -0.192. The molecule has 0 unspecified atom stereocenters. The monoisotopic (exact) mass is 430 g/mol. The Hall–Kier alpha value is -1.61. The lowest BCUT2D eigenvalue weighted by Gasteiger charge is -2.31. The van der Waals surface area contributed by atoms with E-state index in [0.717, 1.165) is 25.6 Å². The van der Waals surface area contributed by atoms with Gasteiger partial charge in [-0.05, 0) is 58.3 Å². The van der Waals surface area contributed by atoms with Crippen LogP contribution >= 0.6 is 0 Å². The van der Waals surface area contributed by atoms with E-state index in [4.69, 9.17) is 14.9 Å². The van der Waals surface area contributed by atoms with Crippen molar-refractivity contribution in [2.75, 3.05) is 32.7 Å². The lowest BCUT2D eigenvalue weighted by atomic mass is 9.87. The molecule has 170 valence electrons. The van der Waals surface area contributed by atoms with Crippen molar-refractivity contribution >= 4 is 5.97 Å². The van der Waals surface area contributed by atoms with Crippen molar-refractivity contribution < 1.29 is 23.1 Å². The number of carboxylic acids is 1. The first-order valence-corrected chi connectivity index (χ1v) is 11.1. The van der Waals surface area contributed by atoms with Gasteiger partial charge >= 0.3 is 12.1 Å². The summed E-state index contributed by atoms with van der Waals surface area (Å²) < 4.78 is 34.3. The molecule has 30 heavy (non-hydrogen) atoms. The van der Waals surface area contributed by atoms with E-state index < -0.39 is 12.1 Å². The predicted molar refractivity (Wildman–Crippen MR) is 108 cm³/mol. The molecule has 1 aliphatic carbocycles. The number of nitrogens with one attached hydrogen (secondary N) is 1. The van der Waals surface area contributed by atoms with Crippen LogP contribution in [-0.2, 0) is 11.3 Å². The first kappa shape index (κ1) is 23.1. The smallest absolute Gasteiger partial charge is 0.475 e. The Kier molecular flexibility index (Phi) is 8.16. The molecular weight excluding hydrogens is 397 g/mol. The fourth-order valence-electron chi connectivity index (χ4n) is 4.49. The van der Waals surface area contributed by atoms with E-state index in [-0.39, 0.29) is 0 Å². The average molecular weight is 431 g/mol. The number of hydrogen-bond donors (Lipinski definition) is 2. The van der Waals surface area contributed by atoms with Crippen LogP contribution in [0, 0.1) is 0 Å². The molecule has 0 amide bonds. The maximum Gasteiger partial charge on any atom is 0.490 e. The van der Waals surface area contributed by atoms with Crippen molar-refractivity contribution in [1.82, 2.24) is 19.8 Å². The van der Waals surface area contributed by atoms with E-state index in [9.17, 15) is 13.2 Å². The highest BCUT2D eigenvalue weighted by molar-refractivity contribution is 5.73. The second-order valence-corrected chi connectivity index (χ2v) is 8.57. The number of likely N-dealkylation sites (tertiary alicyclic amines) is 1. The number of carbonyl (C=O) groups is 1. The molecule has 3 heterocycles. The number of nitrogens with zero attached hydrogens (tertiary/aromatic N) is 3. The highest BCUT2D eigenvalue weighted by atomic mass is 19.4. The van der Waals surface area contributed by atoms with Crippen LogP contribution in [-0.4, -0.2) is 64.4 Å². The molecule has 0 bridgehead atoms. The molecule has 1 aromatic heterocycles. The number of aliphatic carboxylic acids is 1. The van der Waals surface area contributed by atoms with Gasteiger partial charge in [0.05, 0.1) is 5.69 Å². The van der Waals surface area contributed by atoms with Crippen molar-refractivity contribution in [3.63, 3.8) is 0 Å². The van der Waals surface area contributed by atoms with Crippen LogP contribution in [0.4, 0.5) is 13.2 Å². The molecule has 3 aliphatic rings. The third kappa shape index (κ3) is 6.44. The Morgan fingerprint density at radius 1 is 1.03 bits per heavy atom. The first-order valence-electron chi connectivity index (χ1n) is 11.1. The van der Waals surface area contributed by atoms with Crippen molar-refractivity contribution in [2.45, 2.75) is 75.9 Å². The van der Waals surface area contributed by atoms with E-state index in [1.165, 1.54) is 82.5 Å². The maximum absolute atomic E-state index is 10.6. The van der Waals surface area contributed by atoms with Crippen molar-refractivity contribution in [1.29, 1.82) is 0 Å². The molecule has 1 aromatic rings. The first-order chi connectivity index (χ1) is 14.3. The summed E-state index contributed by atoms with van der Waals surface area (Å²) in [6, 6.07) is 0. The summed E-state index contributed by atoms with van der Waals surface area (Å²) in [7, 11) is 0. The summed E-state index contributed by atoms with van der Waals surface area (Å²) >= 11 is 0. The molecule has 6 nitrogen and oxygen atoms in total. The quantitative estimate of drug-likeness (QED) is 0.745. The highest BCUT2D eigenvalue weighted by Gasteiger charge is 2.38. The van der Waals surface area contributed by atoms with Gasteiger partial charge in [-0.25, -0.2) is 9.78 Å². The highest BCUT2D eigenvalue weighted by Crippen LogP contribution is 2.34. The fourth-order valence-corrected chi connectivity index (χ4v) is 4.49. The van der Waals surface area contributed by atoms with Gasteiger partial charge in [-0.1, -0.05) is 19.3 Å². The third-order valence-corrected chi connectivity index (χ3v) is 6.40. The Morgan fingerprint density at radius 3 is 2.20 bits per heavy atom. The van der Waals surface area contributed by atoms with Gasteiger partial charge in [-0.2, -0.15) is 13.2 Å². The number of carboxylic acid groups (broad SMARTS) is 1. The standard InChI is InChI=1S/C19H32N4.C2HF3O2/c1-2-5-16(6-3-1)18-15-23(14-13-22-11-4-12-22)19(21-18)17-7-9-20-10-8-17;3-2(4,5)1(6)7/h15-17,20H,1-14H2;(H,6,7). The van der Waals surface area contributed by atoms with Gasteiger partial charge in [0.2, 0.25) is 0 Å². The maximum atomic E-state index is 10.6. The zero-order valence-corrected chi connectivity index (χ0v) is 17.5. The summed E-state index contributed by atoms with van der Waals surface area (Å²) in [5, 5.41) is 10.6.